The Hall–Kier alpha value is -2.76. The molecule has 0 saturated heterocycles. The monoisotopic (exact) mass is 346 g/mol. The molecule has 0 aliphatic heterocycles. The molecule has 6 heteroatoms. The minimum atomic E-state index is -0.863. The third-order valence-electron chi connectivity index (χ3n) is 4.64. The van der Waals surface area contributed by atoms with Crippen molar-refractivity contribution in [3.05, 3.63) is 53.8 Å². The van der Waals surface area contributed by atoms with E-state index in [1.807, 2.05) is 6.07 Å². The predicted molar refractivity (Wildman–Crippen MR) is 88.9 cm³/mol. The van der Waals surface area contributed by atoms with Crippen LogP contribution < -0.4 is 14.2 Å². The van der Waals surface area contributed by atoms with Gasteiger partial charge in [0.15, 0.2) is 11.5 Å². The lowest BCUT2D eigenvalue weighted by atomic mass is 9.93. The molecule has 1 N–H and O–H groups in total. The summed E-state index contributed by atoms with van der Waals surface area (Å²) in [7, 11) is 3.08. The molecule has 0 spiro atoms. The molecule has 2 unspecified atom stereocenters. The maximum Gasteiger partial charge on any atom is 0.307 e. The zero-order valence-corrected chi connectivity index (χ0v) is 14.0. The van der Waals surface area contributed by atoms with Gasteiger partial charge < -0.3 is 19.3 Å². The lowest BCUT2D eigenvalue weighted by molar-refractivity contribution is -0.139. The van der Waals surface area contributed by atoms with Gasteiger partial charge in [-0.25, -0.2) is 4.39 Å². The summed E-state index contributed by atoms with van der Waals surface area (Å²) >= 11 is 0. The van der Waals surface area contributed by atoms with Crippen LogP contribution in [0.25, 0.3) is 0 Å². The van der Waals surface area contributed by atoms with Gasteiger partial charge in [-0.3, -0.25) is 4.79 Å². The molecule has 2 atom stereocenters. The molecule has 0 aromatic heterocycles. The second kappa shape index (κ2) is 6.63. The summed E-state index contributed by atoms with van der Waals surface area (Å²) in [6, 6.07) is 11.0. The van der Waals surface area contributed by atoms with Crippen LogP contribution in [0.5, 0.6) is 17.2 Å². The van der Waals surface area contributed by atoms with Crippen LogP contribution in [0.4, 0.5) is 4.39 Å². The van der Waals surface area contributed by atoms with Crippen molar-refractivity contribution in [3.63, 3.8) is 0 Å². The summed E-state index contributed by atoms with van der Waals surface area (Å²) in [6.07, 6.45) is 0.471. The first kappa shape index (κ1) is 17.1. The van der Waals surface area contributed by atoms with Gasteiger partial charge in [-0.2, -0.15) is 0 Å². The van der Waals surface area contributed by atoms with Crippen molar-refractivity contribution in [1.29, 1.82) is 0 Å². The predicted octanol–water partition coefficient (Wildman–Crippen LogP) is 3.26. The van der Waals surface area contributed by atoms with Crippen molar-refractivity contribution in [2.75, 3.05) is 20.8 Å². The van der Waals surface area contributed by atoms with Crippen molar-refractivity contribution in [1.82, 2.24) is 0 Å². The van der Waals surface area contributed by atoms with E-state index in [1.165, 1.54) is 31.4 Å². The van der Waals surface area contributed by atoms with Crippen molar-refractivity contribution in [2.45, 2.75) is 11.8 Å². The molecule has 2 aromatic rings. The van der Waals surface area contributed by atoms with Gasteiger partial charge in [0.05, 0.1) is 26.7 Å². The SMILES string of the molecule is COc1ccc(C2(COc3ccc(F)cc3)CC2C(=O)O)cc1OC. The molecule has 1 aliphatic rings. The first-order chi connectivity index (χ1) is 12.0. The molecule has 132 valence electrons. The number of aliphatic carboxylic acids is 1. The topological polar surface area (TPSA) is 65.0 Å². The summed E-state index contributed by atoms with van der Waals surface area (Å²) in [5.41, 5.74) is 0.180. The molecule has 25 heavy (non-hydrogen) atoms. The van der Waals surface area contributed by atoms with E-state index in [9.17, 15) is 14.3 Å². The summed E-state index contributed by atoms with van der Waals surface area (Å²) in [6.45, 7) is 0.186. The van der Waals surface area contributed by atoms with Gasteiger partial charge in [0.25, 0.3) is 0 Å². The highest BCUT2D eigenvalue weighted by molar-refractivity contribution is 5.77. The van der Waals surface area contributed by atoms with Gasteiger partial charge in [0.2, 0.25) is 0 Å². The fraction of sp³-hybridized carbons (Fsp3) is 0.316. The largest absolute Gasteiger partial charge is 0.493 e. The number of carboxylic acids is 1. The van der Waals surface area contributed by atoms with E-state index in [1.54, 1.807) is 19.2 Å². The Morgan fingerprint density at radius 3 is 2.40 bits per heavy atom. The van der Waals surface area contributed by atoms with Crippen LogP contribution in [0.1, 0.15) is 12.0 Å². The fourth-order valence-corrected chi connectivity index (χ4v) is 3.08. The van der Waals surface area contributed by atoms with Gasteiger partial charge in [0, 0.05) is 5.41 Å². The number of rotatable bonds is 7. The second-order valence-corrected chi connectivity index (χ2v) is 6.06. The van der Waals surface area contributed by atoms with E-state index in [0.29, 0.717) is 23.7 Å². The maximum absolute atomic E-state index is 13.0. The standard InChI is InChI=1S/C19H19FO5/c1-23-16-8-3-12(9-17(16)24-2)19(10-15(19)18(21)22)11-25-14-6-4-13(20)5-7-14/h3-9,15H,10-11H2,1-2H3,(H,21,22). The van der Waals surface area contributed by atoms with Crippen molar-refractivity contribution < 1.29 is 28.5 Å². The normalized spacial score (nSPS) is 21.5. The molecule has 5 nitrogen and oxygen atoms in total. The number of ether oxygens (including phenoxy) is 3. The second-order valence-electron chi connectivity index (χ2n) is 6.06. The lowest BCUT2D eigenvalue weighted by Crippen LogP contribution is -2.23. The van der Waals surface area contributed by atoms with Crippen molar-refractivity contribution in [2.24, 2.45) is 5.92 Å². The Bertz CT molecular complexity index is 774. The highest BCUT2D eigenvalue weighted by Crippen LogP contribution is 2.55. The number of hydrogen-bond donors (Lipinski definition) is 1. The van der Waals surface area contributed by atoms with Gasteiger partial charge in [-0.05, 0) is 48.4 Å². The number of halogens is 1. The van der Waals surface area contributed by atoms with E-state index < -0.39 is 17.3 Å². The Labute approximate surface area is 144 Å². The van der Waals surface area contributed by atoms with Gasteiger partial charge in [-0.1, -0.05) is 6.07 Å². The van der Waals surface area contributed by atoms with E-state index in [0.717, 1.165) is 5.56 Å². The maximum atomic E-state index is 13.0. The van der Waals surface area contributed by atoms with Crippen molar-refractivity contribution >= 4 is 5.97 Å². The van der Waals surface area contributed by atoms with E-state index in [4.69, 9.17) is 14.2 Å². The highest BCUT2D eigenvalue weighted by Gasteiger charge is 2.60. The third-order valence-corrected chi connectivity index (χ3v) is 4.64. The minimum Gasteiger partial charge on any atom is -0.493 e. The van der Waals surface area contributed by atoms with Gasteiger partial charge in [0.1, 0.15) is 11.6 Å². The first-order valence-corrected chi connectivity index (χ1v) is 7.84. The quantitative estimate of drug-likeness (QED) is 0.834. The average molecular weight is 346 g/mol. The molecular weight excluding hydrogens is 327 g/mol. The lowest BCUT2D eigenvalue weighted by Gasteiger charge is -2.20. The van der Waals surface area contributed by atoms with E-state index in [2.05, 4.69) is 0 Å². The molecule has 3 rings (SSSR count). The fourth-order valence-electron chi connectivity index (χ4n) is 3.08. The van der Waals surface area contributed by atoms with Gasteiger partial charge >= 0.3 is 5.97 Å². The smallest absolute Gasteiger partial charge is 0.307 e. The van der Waals surface area contributed by atoms with Crippen LogP contribution in [-0.4, -0.2) is 31.9 Å². The minimum absolute atomic E-state index is 0.186. The molecule has 0 radical (unpaired) electrons. The van der Waals surface area contributed by atoms with Gasteiger partial charge in [-0.15, -0.1) is 0 Å². The molecule has 1 fully saturated rings. The molecule has 2 aromatic carbocycles. The number of carboxylic acid groups (broad SMARTS) is 1. The summed E-state index contributed by atoms with van der Waals surface area (Å²) < 4.78 is 29.3. The Balaban J connectivity index is 1.87. The number of hydrogen-bond acceptors (Lipinski definition) is 4. The van der Waals surface area contributed by atoms with Crippen LogP contribution >= 0.6 is 0 Å². The molecule has 0 heterocycles. The van der Waals surface area contributed by atoms with E-state index in [-0.39, 0.29) is 12.4 Å². The van der Waals surface area contributed by atoms with Crippen LogP contribution in [0, 0.1) is 11.7 Å². The molecule has 0 amide bonds. The Morgan fingerprint density at radius 1 is 1.16 bits per heavy atom. The number of methoxy groups -OCH3 is 2. The van der Waals surface area contributed by atoms with Crippen LogP contribution in [0.15, 0.2) is 42.5 Å². The zero-order chi connectivity index (χ0) is 18.0. The van der Waals surface area contributed by atoms with Crippen LogP contribution in [0.3, 0.4) is 0 Å². The molecule has 0 bridgehead atoms. The highest BCUT2D eigenvalue weighted by atomic mass is 19.1. The molecule has 1 saturated carbocycles. The molecule has 1 aliphatic carbocycles. The van der Waals surface area contributed by atoms with Crippen LogP contribution in [0.2, 0.25) is 0 Å². The number of carbonyl (C=O) groups is 1. The third kappa shape index (κ3) is 3.24. The van der Waals surface area contributed by atoms with E-state index >= 15 is 0 Å². The molecular formula is C19H19FO5. The summed E-state index contributed by atoms with van der Waals surface area (Å²) in [5, 5.41) is 9.45. The Morgan fingerprint density at radius 2 is 1.84 bits per heavy atom. The van der Waals surface area contributed by atoms with Crippen LogP contribution in [-0.2, 0) is 10.2 Å². The first-order valence-electron chi connectivity index (χ1n) is 7.84. The number of benzene rings is 2. The Kier molecular flexibility index (Phi) is 4.53. The van der Waals surface area contributed by atoms with Crippen molar-refractivity contribution in [3.8, 4) is 17.2 Å². The zero-order valence-electron chi connectivity index (χ0n) is 14.0. The average Bonchev–Trinajstić information content (AvgIpc) is 3.37. The summed E-state index contributed by atoms with van der Waals surface area (Å²) in [4.78, 5) is 11.5. The summed E-state index contributed by atoms with van der Waals surface area (Å²) in [5.74, 6) is -0.136.